The first kappa shape index (κ1) is 24.1. The molecule has 0 bridgehead atoms. The second-order valence-corrected chi connectivity index (χ2v) is 8.80. The highest BCUT2D eigenvalue weighted by Gasteiger charge is 2.20. The van der Waals surface area contributed by atoms with Crippen LogP contribution in [-0.2, 0) is 0 Å². The second kappa shape index (κ2) is 10.2. The molecule has 0 fully saturated rings. The molecule has 5 aromatic rings. The van der Waals surface area contributed by atoms with Gasteiger partial charge in [0.2, 0.25) is 0 Å². The molecular weight excluding hydrogens is 470 g/mol. The van der Waals surface area contributed by atoms with Gasteiger partial charge < -0.3 is 29.4 Å². The van der Waals surface area contributed by atoms with Crippen LogP contribution in [-0.4, -0.2) is 70.3 Å². The Balaban J connectivity index is 1.60. The lowest BCUT2D eigenvalue weighted by atomic mass is 10.0. The molecule has 5 rings (SSSR count). The Hall–Kier alpha value is -4.63. The summed E-state index contributed by atoms with van der Waals surface area (Å²) in [4.78, 5) is 29.9. The van der Waals surface area contributed by atoms with Crippen LogP contribution in [0.25, 0.3) is 44.9 Å². The predicted molar refractivity (Wildman–Crippen MR) is 142 cm³/mol. The van der Waals surface area contributed by atoms with E-state index in [1.165, 1.54) is 7.11 Å². The molecule has 0 aliphatic rings. The van der Waals surface area contributed by atoms with Crippen LogP contribution in [0.3, 0.4) is 0 Å². The van der Waals surface area contributed by atoms with E-state index in [4.69, 9.17) is 14.5 Å². The van der Waals surface area contributed by atoms with E-state index in [1.54, 1.807) is 18.3 Å². The minimum Gasteiger partial charge on any atom is -0.496 e. The van der Waals surface area contributed by atoms with Gasteiger partial charge in [-0.25, -0.2) is 14.8 Å². The lowest BCUT2D eigenvalue weighted by Crippen LogP contribution is -2.19. The maximum atomic E-state index is 11.9. The molecule has 0 aliphatic carbocycles. The number of nitrogens with zero attached hydrogens (tertiary/aromatic N) is 3. The van der Waals surface area contributed by atoms with E-state index in [2.05, 4.69) is 19.9 Å². The molecule has 9 nitrogen and oxygen atoms in total. The van der Waals surface area contributed by atoms with Crippen LogP contribution < -0.4 is 9.47 Å². The summed E-state index contributed by atoms with van der Waals surface area (Å²) in [6.07, 6.45) is 3.57. The van der Waals surface area contributed by atoms with Crippen LogP contribution in [0.5, 0.6) is 11.5 Å². The molecule has 0 aliphatic heterocycles. The summed E-state index contributed by atoms with van der Waals surface area (Å²) in [5.74, 6) is 0.646. The fourth-order valence-corrected chi connectivity index (χ4v) is 4.17. The number of nitrogens with one attached hydrogen (secondary N) is 2. The fraction of sp³-hybridized carbons (Fsp3) is 0.179. The number of carbonyl (C=O) groups is 1. The van der Waals surface area contributed by atoms with E-state index in [0.29, 0.717) is 23.7 Å². The Bertz CT molecular complexity index is 1550. The van der Waals surface area contributed by atoms with Crippen LogP contribution in [0, 0.1) is 0 Å². The first-order chi connectivity index (χ1) is 17.9. The summed E-state index contributed by atoms with van der Waals surface area (Å²) >= 11 is 0. The molecule has 9 heteroatoms. The van der Waals surface area contributed by atoms with Crippen LogP contribution in [0.1, 0.15) is 10.4 Å². The molecular formula is C28H27N5O4. The third-order valence-electron chi connectivity index (χ3n) is 6.07. The van der Waals surface area contributed by atoms with Crippen molar-refractivity contribution in [2.45, 2.75) is 0 Å². The van der Waals surface area contributed by atoms with Gasteiger partial charge in [-0.1, -0.05) is 0 Å². The molecule has 3 N–H and O–H groups in total. The van der Waals surface area contributed by atoms with Gasteiger partial charge in [0.1, 0.15) is 35.1 Å². The van der Waals surface area contributed by atoms with Crippen molar-refractivity contribution in [2.75, 3.05) is 34.4 Å². The number of likely N-dealkylation sites (N-methyl/N-ethyl adjacent to an activating group) is 1. The number of methoxy groups -OCH3 is 1. The zero-order chi connectivity index (χ0) is 25.9. The van der Waals surface area contributed by atoms with Crippen molar-refractivity contribution in [2.24, 2.45) is 0 Å². The molecule has 0 spiro atoms. The lowest BCUT2D eigenvalue weighted by molar-refractivity contribution is 0.0693. The maximum absolute atomic E-state index is 11.9. The number of aromatic amines is 2. The molecule has 37 heavy (non-hydrogen) atoms. The number of aromatic nitrogens is 4. The highest BCUT2D eigenvalue weighted by molar-refractivity contribution is 5.98. The van der Waals surface area contributed by atoms with Crippen molar-refractivity contribution in [1.82, 2.24) is 24.8 Å². The average molecular weight is 498 g/mol. The highest BCUT2D eigenvalue weighted by atomic mass is 16.5. The number of ether oxygens (including phenoxy) is 2. The van der Waals surface area contributed by atoms with Crippen LogP contribution in [0.15, 0.2) is 67.0 Å². The number of pyridine rings is 1. The number of benzene rings is 2. The van der Waals surface area contributed by atoms with Crippen molar-refractivity contribution in [3.63, 3.8) is 0 Å². The number of rotatable bonds is 9. The molecule has 0 unspecified atom stereocenters. The first-order valence-electron chi connectivity index (χ1n) is 11.8. The van der Waals surface area contributed by atoms with Crippen molar-refractivity contribution >= 4 is 17.0 Å². The smallest absolute Gasteiger partial charge is 0.339 e. The van der Waals surface area contributed by atoms with E-state index >= 15 is 0 Å². The third kappa shape index (κ3) is 4.89. The Labute approximate surface area is 213 Å². The zero-order valence-electron chi connectivity index (χ0n) is 20.8. The van der Waals surface area contributed by atoms with E-state index in [0.717, 1.165) is 40.1 Å². The van der Waals surface area contributed by atoms with Crippen molar-refractivity contribution in [3.8, 4) is 45.4 Å². The fourth-order valence-electron chi connectivity index (χ4n) is 4.17. The van der Waals surface area contributed by atoms with Crippen LogP contribution in [0.4, 0.5) is 0 Å². The first-order valence-corrected chi connectivity index (χ1v) is 11.8. The summed E-state index contributed by atoms with van der Waals surface area (Å²) in [6.45, 7) is 1.42. The van der Waals surface area contributed by atoms with Gasteiger partial charge in [0.15, 0.2) is 0 Å². The summed E-state index contributed by atoms with van der Waals surface area (Å²) in [7, 11) is 5.46. The van der Waals surface area contributed by atoms with Gasteiger partial charge in [0.25, 0.3) is 0 Å². The molecule has 2 aromatic carbocycles. The standard InChI is InChI=1S/C28H27N5O4/c1-33(2)14-15-37-19-7-4-17(5-8-19)26-31-24(18-6-9-23(36-3)22(16-18)28(34)35)25(32-26)20-10-12-29-27-21(20)11-13-30-27/h4-13,16H,14-15H2,1-3H3,(H,29,30)(H,31,32)(H,34,35). The van der Waals surface area contributed by atoms with Gasteiger partial charge in [-0.15, -0.1) is 0 Å². The number of hydrogen-bond acceptors (Lipinski definition) is 6. The quantitative estimate of drug-likeness (QED) is 0.264. The summed E-state index contributed by atoms with van der Waals surface area (Å²) in [5.41, 5.74) is 4.63. The maximum Gasteiger partial charge on any atom is 0.339 e. The number of imidazole rings is 1. The van der Waals surface area contributed by atoms with Gasteiger partial charge in [0.05, 0.1) is 18.5 Å². The topological polar surface area (TPSA) is 116 Å². The molecule has 0 saturated heterocycles. The predicted octanol–water partition coefficient (Wildman–Crippen LogP) is 4.93. The summed E-state index contributed by atoms with van der Waals surface area (Å²) < 4.78 is 11.1. The number of carboxylic acids is 1. The van der Waals surface area contributed by atoms with Crippen molar-refractivity contribution in [3.05, 3.63) is 72.6 Å². The van der Waals surface area contributed by atoms with E-state index < -0.39 is 5.97 Å². The Morgan fingerprint density at radius 2 is 1.84 bits per heavy atom. The Morgan fingerprint density at radius 3 is 2.57 bits per heavy atom. The number of fused-ring (bicyclic) bond motifs is 1. The van der Waals surface area contributed by atoms with Crippen LogP contribution >= 0.6 is 0 Å². The molecule has 0 atom stereocenters. The van der Waals surface area contributed by atoms with Crippen molar-refractivity contribution < 1.29 is 19.4 Å². The van der Waals surface area contributed by atoms with Crippen LogP contribution in [0.2, 0.25) is 0 Å². The van der Waals surface area contributed by atoms with Gasteiger partial charge in [-0.2, -0.15) is 0 Å². The monoisotopic (exact) mass is 497 g/mol. The normalized spacial score (nSPS) is 11.2. The summed E-state index contributed by atoms with van der Waals surface area (Å²) in [6, 6.07) is 16.7. The minimum absolute atomic E-state index is 0.0660. The largest absolute Gasteiger partial charge is 0.496 e. The SMILES string of the molecule is COc1ccc(-c2nc(-c3ccc(OCCN(C)C)cc3)[nH]c2-c2ccnc3[nH]ccc23)cc1C(=O)O. The van der Waals surface area contributed by atoms with Gasteiger partial charge in [0, 0.05) is 41.0 Å². The molecule has 0 amide bonds. The molecule has 3 heterocycles. The number of carboxylic acid groups (broad SMARTS) is 1. The van der Waals surface area contributed by atoms with Gasteiger partial charge in [-0.05, 0) is 68.7 Å². The minimum atomic E-state index is -1.07. The Kier molecular flexibility index (Phi) is 6.61. The van der Waals surface area contributed by atoms with Crippen molar-refractivity contribution in [1.29, 1.82) is 0 Å². The number of H-pyrrole nitrogens is 2. The zero-order valence-corrected chi connectivity index (χ0v) is 20.8. The third-order valence-corrected chi connectivity index (χ3v) is 6.07. The lowest BCUT2D eigenvalue weighted by Gasteiger charge is -2.11. The number of hydrogen-bond donors (Lipinski definition) is 3. The second-order valence-electron chi connectivity index (χ2n) is 8.80. The average Bonchev–Trinajstić information content (AvgIpc) is 3.56. The van der Waals surface area contributed by atoms with E-state index in [9.17, 15) is 9.90 Å². The summed E-state index contributed by atoms with van der Waals surface area (Å²) in [5, 5.41) is 10.7. The number of aromatic carboxylic acids is 1. The van der Waals surface area contributed by atoms with E-state index in [-0.39, 0.29) is 11.3 Å². The van der Waals surface area contributed by atoms with Gasteiger partial charge >= 0.3 is 5.97 Å². The highest BCUT2D eigenvalue weighted by Crippen LogP contribution is 2.37. The van der Waals surface area contributed by atoms with Gasteiger partial charge in [-0.3, -0.25) is 0 Å². The molecule has 3 aromatic heterocycles. The molecule has 188 valence electrons. The Morgan fingerprint density at radius 1 is 1.05 bits per heavy atom. The molecule has 0 radical (unpaired) electrons. The van der Waals surface area contributed by atoms with E-state index in [1.807, 2.05) is 62.8 Å². The molecule has 0 saturated carbocycles.